The van der Waals surface area contributed by atoms with E-state index in [9.17, 15) is 0 Å². The van der Waals surface area contributed by atoms with Gasteiger partial charge in [0.25, 0.3) is 0 Å². The molecular weight excluding hydrogens is 90.0 g/mol. The zero-order chi connectivity index (χ0) is 5.15. The van der Waals surface area contributed by atoms with Crippen LogP contribution < -0.4 is 0 Å². The van der Waals surface area contributed by atoms with E-state index in [1.54, 1.807) is 0 Å². The zero-order valence-electron chi connectivity index (χ0n) is 2.66. The average Bonchev–Trinajstić information content (AvgIpc) is 1.36. The molecule has 0 aliphatic carbocycles. The molecule has 0 saturated heterocycles. The molecule has 6 heavy (non-hydrogen) atoms. The fourth-order valence-electron chi connectivity index (χ4n) is 0. The second kappa shape index (κ2) is 1.34. The van der Waals surface area contributed by atoms with Crippen molar-refractivity contribution in [1.29, 1.82) is 0 Å². The third-order valence-electron chi connectivity index (χ3n) is 0.164. The normalized spacial score (nSPS) is 7.33. The second-order valence-corrected chi connectivity index (χ2v) is 0.556. The molecule has 1 amide bonds. The molecule has 0 radical (unpaired) electrons. The van der Waals surface area contributed by atoms with Crippen molar-refractivity contribution < 1.29 is 20.0 Å². The van der Waals surface area contributed by atoms with Gasteiger partial charge in [-0.25, -0.2) is 5.21 Å². The van der Waals surface area contributed by atoms with Crippen LogP contribution in [-0.2, 0) is 0 Å². The third-order valence-corrected chi connectivity index (χ3v) is 0.164. The summed E-state index contributed by atoms with van der Waals surface area (Å²) in [5, 5.41) is 14.7. The van der Waals surface area contributed by atoms with E-state index < -0.39 is 11.0 Å². The largest absolute Gasteiger partial charge is 0.696 e. The van der Waals surface area contributed by atoms with Crippen molar-refractivity contribution in [2.24, 2.45) is 0 Å². The predicted molar refractivity (Wildman–Crippen MR) is 13.4 cm³/mol. The van der Waals surface area contributed by atoms with Gasteiger partial charge < -0.3 is 5.11 Å². The van der Waals surface area contributed by atoms with Gasteiger partial charge in [-0.2, -0.15) is 4.79 Å². The lowest BCUT2D eigenvalue weighted by atomic mass is 11.3. The molecule has 0 rings (SSSR count). The second-order valence-electron chi connectivity index (χ2n) is 0.556. The molecular formula is CH2NO4+. The number of nitrogens with zero attached hydrogens (tertiary/aromatic N) is 1. The molecule has 0 unspecified atom stereocenters. The van der Waals surface area contributed by atoms with Crippen molar-refractivity contribution in [3.05, 3.63) is 4.91 Å². The molecule has 34 valence electrons. The van der Waals surface area contributed by atoms with Gasteiger partial charge in [0.1, 0.15) is 0 Å². The summed E-state index contributed by atoms with van der Waals surface area (Å²) in [5.41, 5.74) is 0. The van der Waals surface area contributed by atoms with Crippen LogP contribution in [-0.4, -0.2) is 21.3 Å². The smallest absolute Gasteiger partial charge is 0.420 e. The number of hydrogen-bond acceptors (Lipinski definition) is 2. The number of carboxylic acid groups (broad SMARTS) is 1. The molecule has 0 spiro atoms. The first-order chi connectivity index (χ1) is 2.64. The van der Waals surface area contributed by atoms with E-state index >= 15 is 0 Å². The SMILES string of the molecule is O=C(O)[N+](=O)O. The van der Waals surface area contributed by atoms with Crippen LogP contribution in [0.3, 0.4) is 0 Å². The molecule has 0 aromatic rings. The summed E-state index contributed by atoms with van der Waals surface area (Å²) in [7, 11) is 0. The summed E-state index contributed by atoms with van der Waals surface area (Å²) in [5.74, 6) is 0. The third kappa shape index (κ3) is 1.22. The van der Waals surface area contributed by atoms with Crippen LogP contribution in [0.1, 0.15) is 0 Å². The van der Waals surface area contributed by atoms with Gasteiger partial charge in [-0.1, -0.05) is 0 Å². The lowest BCUT2D eigenvalue weighted by molar-refractivity contribution is -0.723. The summed E-state index contributed by atoms with van der Waals surface area (Å²) in [6, 6.07) is 0. The number of rotatable bonds is 0. The maximum atomic E-state index is 9.06. The Morgan fingerprint density at radius 2 is 1.83 bits per heavy atom. The standard InChI is InChI=1S/CHNO4/c3-1(4)2(5)6/h(H-,3,4,5,6)/p+1. The van der Waals surface area contributed by atoms with Crippen LogP contribution in [0.2, 0.25) is 0 Å². The van der Waals surface area contributed by atoms with Crippen LogP contribution >= 0.6 is 0 Å². The number of carbonyl (C=O) groups is 1. The first-order valence-electron chi connectivity index (χ1n) is 1.03. The van der Waals surface area contributed by atoms with E-state index in [2.05, 4.69) is 0 Å². The Kier molecular flexibility index (Phi) is 1.09. The van der Waals surface area contributed by atoms with E-state index in [1.165, 1.54) is 0 Å². The molecule has 0 heterocycles. The van der Waals surface area contributed by atoms with Gasteiger partial charge in [-0.05, 0) is 0 Å². The maximum absolute atomic E-state index is 9.06. The summed E-state index contributed by atoms with van der Waals surface area (Å²) in [6.07, 6.45) is -1.91. The molecule has 2 N–H and O–H groups in total. The van der Waals surface area contributed by atoms with Gasteiger partial charge in [0, 0.05) is 0 Å². The van der Waals surface area contributed by atoms with Gasteiger partial charge in [0.2, 0.25) is 0 Å². The summed E-state index contributed by atoms with van der Waals surface area (Å²) < 4.78 is 0. The van der Waals surface area contributed by atoms with E-state index in [1.807, 2.05) is 0 Å². The average molecular weight is 92.0 g/mol. The Balaban J connectivity index is 3.57. The van der Waals surface area contributed by atoms with E-state index in [0.717, 1.165) is 0 Å². The van der Waals surface area contributed by atoms with Crippen LogP contribution in [0.25, 0.3) is 0 Å². The molecule has 0 aliphatic rings. The zero-order valence-corrected chi connectivity index (χ0v) is 2.66. The van der Waals surface area contributed by atoms with Crippen molar-refractivity contribution in [2.75, 3.05) is 0 Å². The quantitative estimate of drug-likeness (QED) is 0.321. The molecule has 0 bridgehead atoms. The van der Waals surface area contributed by atoms with Gasteiger partial charge in [-0.3, -0.25) is 0 Å². The summed E-state index contributed by atoms with van der Waals surface area (Å²) in [4.78, 5) is 16.9. The summed E-state index contributed by atoms with van der Waals surface area (Å²) in [6.45, 7) is 0. The summed E-state index contributed by atoms with van der Waals surface area (Å²) >= 11 is 0. The Hall–Kier alpha value is -1.13. The fourth-order valence-corrected chi connectivity index (χ4v) is 0. The first kappa shape index (κ1) is 4.87. The molecule has 0 aliphatic heterocycles. The Morgan fingerprint density at radius 1 is 1.67 bits per heavy atom. The highest BCUT2D eigenvalue weighted by molar-refractivity contribution is 5.53. The van der Waals surface area contributed by atoms with Crippen LogP contribution in [0.15, 0.2) is 0 Å². The lowest BCUT2D eigenvalue weighted by Crippen LogP contribution is -2.08. The molecule has 0 saturated carbocycles. The van der Waals surface area contributed by atoms with Crippen molar-refractivity contribution in [3.63, 3.8) is 0 Å². The van der Waals surface area contributed by atoms with Crippen molar-refractivity contribution >= 4 is 6.09 Å². The van der Waals surface area contributed by atoms with Crippen molar-refractivity contribution in [2.45, 2.75) is 0 Å². The maximum Gasteiger partial charge on any atom is 0.696 e. The highest BCUT2D eigenvalue weighted by Gasteiger charge is 2.16. The highest BCUT2D eigenvalue weighted by atomic mass is 16.7. The molecule has 0 aromatic carbocycles. The van der Waals surface area contributed by atoms with E-state index in [-0.39, 0.29) is 0 Å². The minimum atomic E-state index is -1.91. The van der Waals surface area contributed by atoms with Crippen LogP contribution in [0, 0.1) is 4.91 Å². The minimum Gasteiger partial charge on any atom is -0.420 e. The molecule has 0 aromatic heterocycles. The first-order valence-corrected chi connectivity index (χ1v) is 1.03. The molecule has 5 nitrogen and oxygen atoms in total. The fraction of sp³-hybridized carbons (Fsp3) is 0. The van der Waals surface area contributed by atoms with E-state index in [0.29, 0.717) is 0 Å². The Bertz CT molecular complexity index is 73.5. The van der Waals surface area contributed by atoms with Crippen LogP contribution in [0.5, 0.6) is 0 Å². The number of hydrogen-bond donors (Lipinski definition) is 2. The molecule has 0 atom stereocenters. The monoisotopic (exact) mass is 92.0 g/mol. The Morgan fingerprint density at radius 3 is 1.83 bits per heavy atom. The van der Waals surface area contributed by atoms with Crippen molar-refractivity contribution in [1.82, 2.24) is 0 Å². The minimum absolute atomic E-state index is 1.17. The van der Waals surface area contributed by atoms with Crippen molar-refractivity contribution in [3.8, 4) is 0 Å². The Labute approximate surface area is 32.3 Å². The lowest BCUT2D eigenvalue weighted by Gasteiger charge is -1.60. The van der Waals surface area contributed by atoms with Gasteiger partial charge in [0.15, 0.2) is 0 Å². The predicted octanol–water partition coefficient (Wildman–Crippen LogP) is -0.167. The highest BCUT2D eigenvalue weighted by Crippen LogP contribution is 1.61. The van der Waals surface area contributed by atoms with Crippen LogP contribution in [0.4, 0.5) is 4.79 Å². The molecule has 0 fully saturated rings. The van der Waals surface area contributed by atoms with Gasteiger partial charge in [-0.15, -0.1) is 0 Å². The number of amides is 1. The molecule has 5 heteroatoms. The van der Waals surface area contributed by atoms with Gasteiger partial charge >= 0.3 is 11.0 Å². The van der Waals surface area contributed by atoms with Gasteiger partial charge in [0.05, 0.1) is 4.91 Å². The van der Waals surface area contributed by atoms with E-state index in [4.69, 9.17) is 20.0 Å². The topological polar surface area (TPSA) is 77.6 Å².